The molecule has 0 radical (unpaired) electrons. The molecule has 0 aliphatic heterocycles. The summed E-state index contributed by atoms with van der Waals surface area (Å²) in [6, 6.07) is 6.30. The summed E-state index contributed by atoms with van der Waals surface area (Å²) in [7, 11) is 0. The quantitative estimate of drug-likeness (QED) is 0.650. The molecule has 0 spiro atoms. The Balaban J connectivity index is 2.26. The highest BCUT2D eigenvalue weighted by molar-refractivity contribution is 5.34. The maximum Gasteiger partial charge on any atom is 0.0773 e. The molecular formula is C15H20N4. The Kier molecular flexibility index (Phi) is 4.24. The minimum atomic E-state index is -0.0205. The van der Waals surface area contributed by atoms with Gasteiger partial charge in [-0.15, -0.1) is 0 Å². The van der Waals surface area contributed by atoms with E-state index in [9.17, 15) is 0 Å². The van der Waals surface area contributed by atoms with Crippen LogP contribution in [0.15, 0.2) is 30.6 Å². The van der Waals surface area contributed by atoms with Gasteiger partial charge in [-0.2, -0.15) is 0 Å². The van der Waals surface area contributed by atoms with Crippen molar-refractivity contribution < 1.29 is 0 Å². The Morgan fingerprint density at radius 1 is 1.11 bits per heavy atom. The molecule has 0 saturated heterocycles. The van der Waals surface area contributed by atoms with Gasteiger partial charge in [0.1, 0.15) is 0 Å². The zero-order chi connectivity index (χ0) is 13.8. The van der Waals surface area contributed by atoms with Crippen LogP contribution in [0.25, 0.3) is 0 Å². The van der Waals surface area contributed by atoms with Gasteiger partial charge in [0.15, 0.2) is 0 Å². The van der Waals surface area contributed by atoms with Gasteiger partial charge in [0.25, 0.3) is 0 Å². The molecule has 1 unspecified atom stereocenters. The molecule has 0 bridgehead atoms. The second-order valence-electron chi connectivity index (χ2n) is 4.88. The lowest BCUT2D eigenvalue weighted by Gasteiger charge is -2.18. The summed E-state index contributed by atoms with van der Waals surface area (Å²) in [5.74, 6) is 5.67. The Hall–Kier alpha value is -1.78. The summed E-state index contributed by atoms with van der Waals surface area (Å²) in [6.07, 6.45) is 4.37. The molecule has 1 heterocycles. The van der Waals surface area contributed by atoms with Gasteiger partial charge >= 0.3 is 0 Å². The van der Waals surface area contributed by atoms with Crippen molar-refractivity contribution in [1.29, 1.82) is 0 Å². The lowest BCUT2D eigenvalue weighted by molar-refractivity contribution is 0.533. The SMILES string of the molecule is Cc1cnc(C(Cc2c(C)cccc2C)NN)cn1. The number of nitrogens with one attached hydrogen (secondary N) is 1. The average Bonchev–Trinajstić information content (AvgIpc) is 2.40. The van der Waals surface area contributed by atoms with Crippen molar-refractivity contribution in [2.24, 2.45) is 5.84 Å². The van der Waals surface area contributed by atoms with E-state index < -0.39 is 0 Å². The first-order valence-electron chi connectivity index (χ1n) is 6.41. The van der Waals surface area contributed by atoms with E-state index in [0.717, 1.165) is 17.8 Å². The van der Waals surface area contributed by atoms with Crippen molar-refractivity contribution >= 4 is 0 Å². The second kappa shape index (κ2) is 5.91. The van der Waals surface area contributed by atoms with E-state index >= 15 is 0 Å². The standard InChI is InChI=1S/C15H20N4/c1-10-5-4-6-11(2)13(10)7-14(19-16)15-9-17-12(3)8-18-15/h4-6,8-9,14,19H,7,16H2,1-3H3. The molecule has 4 nitrogen and oxygen atoms in total. The monoisotopic (exact) mass is 256 g/mol. The highest BCUT2D eigenvalue weighted by Gasteiger charge is 2.14. The first kappa shape index (κ1) is 13.6. The lowest BCUT2D eigenvalue weighted by Crippen LogP contribution is -2.30. The highest BCUT2D eigenvalue weighted by Crippen LogP contribution is 2.21. The number of aryl methyl sites for hydroxylation is 3. The smallest absolute Gasteiger partial charge is 0.0773 e. The largest absolute Gasteiger partial charge is 0.271 e. The van der Waals surface area contributed by atoms with Crippen LogP contribution in [-0.4, -0.2) is 9.97 Å². The molecule has 1 atom stereocenters. The maximum absolute atomic E-state index is 5.67. The van der Waals surface area contributed by atoms with Crippen LogP contribution in [0.1, 0.15) is 34.1 Å². The molecule has 100 valence electrons. The first-order chi connectivity index (χ1) is 9.11. The van der Waals surface area contributed by atoms with Crippen molar-refractivity contribution in [3.05, 3.63) is 58.7 Å². The highest BCUT2D eigenvalue weighted by atomic mass is 15.2. The molecule has 2 rings (SSSR count). The van der Waals surface area contributed by atoms with E-state index in [0.29, 0.717) is 0 Å². The summed E-state index contributed by atoms with van der Waals surface area (Å²) >= 11 is 0. The van der Waals surface area contributed by atoms with Gasteiger partial charge in [-0.05, 0) is 43.9 Å². The van der Waals surface area contributed by atoms with Crippen LogP contribution in [0, 0.1) is 20.8 Å². The van der Waals surface area contributed by atoms with Crippen LogP contribution in [-0.2, 0) is 6.42 Å². The van der Waals surface area contributed by atoms with Crippen molar-refractivity contribution in [1.82, 2.24) is 15.4 Å². The van der Waals surface area contributed by atoms with Crippen LogP contribution in [0.4, 0.5) is 0 Å². The molecule has 4 heteroatoms. The van der Waals surface area contributed by atoms with Gasteiger partial charge in [0, 0.05) is 6.20 Å². The topological polar surface area (TPSA) is 63.8 Å². The minimum absolute atomic E-state index is 0.0205. The predicted octanol–water partition coefficient (Wildman–Crippen LogP) is 2.15. The van der Waals surface area contributed by atoms with Gasteiger partial charge in [-0.1, -0.05) is 18.2 Å². The number of hydrogen-bond donors (Lipinski definition) is 2. The van der Waals surface area contributed by atoms with Crippen molar-refractivity contribution in [3.63, 3.8) is 0 Å². The van der Waals surface area contributed by atoms with E-state index in [2.05, 4.69) is 47.4 Å². The van der Waals surface area contributed by atoms with E-state index in [1.165, 1.54) is 16.7 Å². The third kappa shape index (κ3) is 3.16. The van der Waals surface area contributed by atoms with E-state index in [1.54, 1.807) is 12.4 Å². The Morgan fingerprint density at radius 2 is 1.79 bits per heavy atom. The van der Waals surface area contributed by atoms with Crippen LogP contribution in [0.5, 0.6) is 0 Å². The third-order valence-electron chi connectivity index (χ3n) is 3.41. The molecule has 0 fully saturated rings. The number of hydrazine groups is 1. The van der Waals surface area contributed by atoms with Crippen molar-refractivity contribution in [2.45, 2.75) is 33.2 Å². The molecule has 0 saturated carbocycles. The van der Waals surface area contributed by atoms with E-state index in [1.807, 2.05) is 6.92 Å². The number of nitrogens with two attached hydrogens (primary N) is 1. The maximum atomic E-state index is 5.67. The van der Waals surface area contributed by atoms with Crippen LogP contribution in [0.2, 0.25) is 0 Å². The summed E-state index contributed by atoms with van der Waals surface area (Å²) in [4.78, 5) is 8.68. The molecule has 1 aromatic heterocycles. The normalized spacial score (nSPS) is 12.4. The van der Waals surface area contributed by atoms with Crippen LogP contribution < -0.4 is 11.3 Å². The second-order valence-corrected chi connectivity index (χ2v) is 4.88. The molecule has 19 heavy (non-hydrogen) atoms. The fourth-order valence-corrected chi connectivity index (χ4v) is 2.21. The van der Waals surface area contributed by atoms with Crippen LogP contribution >= 0.6 is 0 Å². The van der Waals surface area contributed by atoms with Gasteiger partial charge in [-0.25, -0.2) is 0 Å². The molecule has 0 amide bonds. The molecular weight excluding hydrogens is 236 g/mol. The number of nitrogens with zero attached hydrogens (tertiary/aromatic N) is 2. The molecule has 0 aliphatic carbocycles. The van der Waals surface area contributed by atoms with E-state index in [-0.39, 0.29) is 6.04 Å². The Morgan fingerprint density at radius 3 is 2.32 bits per heavy atom. The van der Waals surface area contributed by atoms with E-state index in [4.69, 9.17) is 5.84 Å². The number of hydrogen-bond acceptors (Lipinski definition) is 4. The molecule has 3 N–H and O–H groups in total. The van der Waals surface area contributed by atoms with Gasteiger partial charge in [0.05, 0.1) is 23.6 Å². The molecule has 1 aromatic carbocycles. The number of benzene rings is 1. The van der Waals surface area contributed by atoms with Crippen LogP contribution in [0.3, 0.4) is 0 Å². The first-order valence-corrected chi connectivity index (χ1v) is 6.41. The van der Waals surface area contributed by atoms with Gasteiger partial charge < -0.3 is 0 Å². The lowest BCUT2D eigenvalue weighted by atomic mass is 9.95. The third-order valence-corrected chi connectivity index (χ3v) is 3.41. The van der Waals surface area contributed by atoms with Crippen molar-refractivity contribution in [2.75, 3.05) is 0 Å². The average molecular weight is 256 g/mol. The summed E-state index contributed by atoms with van der Waals surface area (Å²) in [5, 5.41) is 0. The summed E-state index contributed by atoms with van der Waals surface area (Å²) < 4.78 is 0. The zero-order valence-electron chi connectivity index (χ0n) is 11.6. The molecule has 2 aromatic rings. The molecule has 0 aliphatic rings. The number of aromatic nitrogens is 2. The Labute approximate surface area is 114 Å². The number of rotatable bonds is 4. The fourth-order valence-electron chi connectivity index (χ4n) is 2.21. The minimum Gasteiger partial charge on any atom is -0.271 e. The van der Waals surface area contributed by atoms with Gasteiger partial charge in [-0.3, -0.25) is 21.2 Å². The summed E-state index contributed by atoms with van der Waals surface area (Å²) in [5.41, 5.74) is 8.49. The predicted molar refractivity (Wildman–Crippen MR) is 76.5 cm³/mol. The summed E-state index contributed by atoms with van der Waals surface area (Å²) in [6.45, 7) is 6.17. The zero-order valence-corrected chi connectivity index (χ0v) is 11.6. The fraction of sp³-hybridized carbons (Fsp3) is 0.333. The Bertz CT molecular complexity index is 528. The van der Waals surface area contributed by atoms with Gasteiger partial charge in [0.2, 0.25) is 0 Å². The van der Waals surface area contributed by atoms with Crippen molar-refractivity contribution in [3.8, 4) is 0 Å².